The van der Waals surface area contributed by atoms with Crippen LogP contribution in [-0.4, -0.2) is 57.3 Å². The Morgan fingerprint density at radius 1 is 0.778 bits per heavy atom. The number of carbonyl (C=O) groups excluding carboxylic acids is 2. The van der Waals surface area contributed by atoms with Gasteiger partial charge in [0.2, 0.25) is 5.96 Å². The van der Waals surface area contributed by atoms with Gasteiger partial charge in [-0.2, -0.15) is 0 Å². The minimum atomic E-state index is -0.693. The van der Waals surface area contributed by atoms with Crippen molar-refractivity contribution < 1.29 is 19.1 Å². The number of hydrogen-bond acceptors (Lipinski definition) is 6. The van der Waals surface area contributed by atoms with Crippen LogP contribution in [0.5, 0.6) is 0 Å². The number of carbonyl (C=O) groups is 2. The summed E-state index contributed by atoms with van der Waals surface area (Å²) in [5, 5.41) is 6.68. The number of thiocarbonyl (C=S) groups is 1. The van der Waals surface area contributed by atoms with E-state index in [1.54, 1.807) is 53.7 Å². The fourth-order valence-electron chi connectivity index (χ4n) is 3.20. The van der Waals surface area contributed by atoms with Gasteiger partial charge in [-0.15, -0.1) is 0 Å². The second-order valence-corrected chi connectivity index (χ2v) is 10.6. The highest BCUT2D eigenvalue weighted by atomic mass is 32.1. The number of rotatable bonds is 3. The molecule has 0 radical (unpaired) electrons. The van der Waals surface area contributed by atoms with Gasteiger partial charge >= 0.3 is 12.2 Å². The van der Waals surface area contributed by atoms with E-state index in [4.69, 9.17) is 21.7 Å². The van der Waals surface area contributed by atoms with Gasteiger partial charge in [-0.05, 0) is 90.2 Å². The lowest BCUT2D eigenvalue weighted by atomic mass is 10.2. The van der Waals surface area contributed by atoms with Gasteiger partial charge in [0.25, 0.3) is 0 Å². The number of hydrogen-bond donors (Lipinski definition) is 2. The number of para-hydroxylation sites is 1. The van der Waals surface area contributed by atoms with Crippen molar-refractivity contribution >= 4 is 52.5 Å². The SMILES string of the molecule is CC(C)(C)OC(=O)N1CCN(C(=O)OC(C)(C)C)C1=Nc1ccc(NC(=S)Nc2ccccc2)cc1. The lowest BCUT2D eigenvalue weighted by molar-refractivity contribution is 0.0375. The molecule has 0 aromatic heterocycles. The lowest BCUT2D eigenvalue weighted by Crippen LogP contribution is -2.44. The summed E-state index contributed by atoms with van der Waals surface area (Å²) in [7, 11) is 0. The van der Waals surface area contributed by atoms with Gasteiger partial charge in [0.15, 0.2) is 5.11 Å². The topological polar surface area (TPSA) is 95.5 Å². The summed E-state index contributed by atoms with van der Waals surface area (Å²) in [5.41, 5.74) is 0.791. The molecule has 2 amide bonds. The Hall–Kier alpha value is -3.66. The monoisotopic (exact) mass is 511 g/mol. The van der Waals surface area contributed by atoms with E-state index in [1.165, 1.54) is 9.80 Å². The largest absolute Gasteiger partial charge is 0.443 e. The zero-order valence-corrected chi connectivity index (χ0v) is 22.3. The summed E-state index contributed by atoms with van der Waals surface area (Å²) < 4.78 is 11.1. The van der Waals surface area contributed by atoms with Gasteiger partial charge in [0, 0.05) is 11.4 Å². The molecule has 0 atom stereocenters. The smallest absolute Gasteiger partial charge is 0.417 e. The second-order valence-electron chi connectivity index (χ2n) is 10.2. The average molecular weight is 512 g/mol. The second kappa shape index (κ2) is 10.9. The number of ether oxygens (including phenoxy) is 2. The van der Waals surface area contributed by atoms with E-state index in [2.05, 4.69) is 15.6 Å². The van der Waals surface area contributed by atoms with E-state index in [0.29, 0.717) is 10.8 Å². The summed E-state index contributed by atoms with van der Waals surface area (Å²) in [4.78, 5) is 33.0. The van der Waals surface area contributed by atoms with Gasteiger partial charge in [0.1, 0.15) is 11.2 Å². The van der Waals surface area contributed by atoms with Gasteiger partial charge in [-0.25, -0.2) is 24.4 Å². The first-order chi connectivity index (χ1) is 16.8. The molecule has 10 heteroatoms. The first kappa shape index (κ1) is 26.9. The molecule has 0 aliphatic carbocycles. The van der Waals surface area contributed by atoms with Crippen molar-refractivity contribution in [3.05, 3.63) is 54.6 Å². The Morgan fingerprint density at radius 3 is 1.67 bits per heavy atom. The van der Waals surface area contributed by atoms with Crippen LogP contribution in [0.15, 0.2) is 59.6 Å². The van der Waals surface area contributed by atoms with Crippen LogP contribution in [0.3, 0.4) is 0 Å². The molecular weight excluding hydrogens is 478 g/mol. The van der Waals surface area contributed by atoms with Gasteiger partial charge in [-0.1, -0.05) is 18.2 Å². The van der Waals surface area contributed by atoms with Crippen molar-refractivity contribution in [1.82, 2.24) is 9.80 Å². The minimum Gasteiger partial charge on any atom is -0.443 e. The predicted molar refractivity (Wildman–Crippen MR) is 146 cm³/mol. The fourth-order valence-corrected chi connectivity index (χ4v) is 3.43. The Morgan fingerprint density at radius 2 is 1.22 bits per heavy atom. The van der Waals surface area contributed by atoms with E-state index >= 15 is 0 Å². The van der Waals surface area contributed by atoms with Crippen molar-refractivity contribution in [3.63, 3.8) is 0 Å². The Kier molecular flexibility index (Phi) is 8.19. The fraction of sp³-hybridized carbons (Fsp3) is 0.385. The first-order valence-electron chi connectivity index (χ1n) is 11.6. The molecule has 1 aliphatic rings. The summed E-state index contributed by atoms with van der Waals surface area (Å²) in [6.07, 6.45) is -1.16. The Bertz CT molecular complexity index is 1080. The van der Waals surface area contributed by atoms with Gasteiger partial charge < -0.3 is 20.1 Å². The summed E-state index contributed by atoms with van der Waals surface area (Å²) in [6.45, 7) is 11.2. The molecule has 2 N–H and O–H groups in total. The zero-order chi connectivity index (χ0) is 26.5. The molecule has 1 saturated heterocycles. The van der Waals surface area contributed by atoms with Crippen molar-refractivity contribution in [1.29, 1.82) is 0 Å². The van der Waals surface area contributed by atoms with Crippen LogP contribution < -0.4 is 10.6 Å². The molecular formula is C26H33N5O4S. The van der Waals surface area contributed by atoms with Crippen molar-refractivity contribution in [2.45, 2.75) is 52.7 Å². The number of nitrogens with zero attached hydrogens (tertiary/aromatic N) is 3. The Labute approximate surface area is 217 Å². The highest BCUT2D eigenvalue weighted by molar-refractivity contribution is 7.80. The van der Waals surface area contributed by atoms with Crippen LogP contribution in [-0.2, 0) is 9.47 Å². The molecule has 3 rings (SSSR count). The molecule has 1 fully saturated rings. The standard InChI is InChI=1S/C26H33N5O4S/c1-25(2,3)34-23(32)30-16-17-31(24(33)35-26(4,5)6)22(30)29-20-14-12-19(13-15-20)28-21(36)27-18-10-8-7-9-11-18/h7-15H,16-17H2,1-6H3,(H2,27,28,36). The maximum atomic E-state index is 12.9. The molecule has 2 aromatic carbocycles. The van der Waals surface area contributed by atoms with Crippen LogP contribution in [0.1, 0.15) is 41.5 Å². The first-order valence-corrected chi connectivity index (χ1v) is 12.0. The average Bonchev–Trinajstić information content (AvgIpc) is 3.17. The highest BCUT2D eigenvalue weighted by Crippen LogP contribution is 2.23. The quantitative estimate of drug-likeness (QED) is 0.490. The molecule has 0 saturated carbocycles. The summed E-state index contributed by atoms with van der Waals surface area (Å²) in [5.74, 6) is 0.153. The number of aliphatic imine (C=N–C) groups is 1. The van der Waals surface area contributed by atoms with Crippen LogP contribution in [0.2, 0.25) is 0 Å². The van der Waals surface area contributed by atoms with Crippen molar-refractivity contribution in [3.8, 4) is 0 Å². The Balaban J connectivity index is 1.79. The van der Waals surface area contributed by atoms with Gasteiger partial charge in [-0.3, -0.25) is 0 Å². The third-order valence-electron chi connectivity index (χ3n) is 4.64. The van der Waals surface area contributed by atoms with Gasteiger partial charge in [0.05, 0.1) is 18.8 Å². The van der Waals surface area contributed by atoms with Crippen LogP contribution in [0, 0.1) is 0 Å². The number of benzene rings is 2. The van der Waals surface area contributed by atoms with E-state index in [9.17, 15) is 9.59 Å². The summed E-state index contributed by atoms with van der Waals surface area (Å²) >= 11 is 5.38. The summed E-state index contributed by atoms with van der Waals surface area (Å²) in [6, 6.07) is 16.8. The van der Waals surface area contributed by atoms with E-state index in [1.807, 2.05) is 42.5 Å². The van der Waals surface area contributed by atoms with E-state index in [-0.39, 0.29) is 19.0 Å². The van der Waals surface area contributed by atoms with Crippen LogP contribution >= 0.6 is 12.2 Å². The molecule has 2 aromatic rings. The van der Waals surface area contributed by atoms with E-state index in [0.717, 1.165) is 11.4 Å². The zero-order valence-electron chi connectivity index (χ0n) is 21.5. The molecule has 0 unspecified atom stereocenters. The van der Waals surface area contributed by atoms with E-state index < -0.39 is 23.4 Å². The number of nitrogens with one attached hydrogen (secondary N) is 2. The molecule has 0 bridgehead atoms. The highest BCUT2D eigenvalue weighted by Gasteiger charge is 2.39. The molecule has 1 aliphatic heterocycles. The van der Waals surface area contributed by atoms with Crippen molar-refractivity contribution in [2.24, 2.45) is 4.99 Å². The maximum Gasteiger partial charge on any atom is 0.417 e. The van der Waals surface area contributed by atoms with Crippen molar-refractivity contribution in [2.75, 3.05) is 23.7 Å². The predicted octanol–water partition coefficient (Wildman–Crippen LogP) is 5.97. The molecule has 0 spiro atoms. The molecule has 9 nitrogen and oxygen atoms in total. The third-order valence-corrected chi connectivity index (χ3v) is 4.85. The molecule has 192 valence electrons. The number of anilines is 2. The normalized spacial score (nSPS) is 13.8. The van der Waals surface area contributed by atoms with Crippen LogP contribution in [0.4, 0.5) is 26.7 Å². The molecule has 36 heavy (non-hydrogen) atoms. The number of guanidine groups is 1. The maximum absolute atomic E-state index is 12.9. The molecule has 1 heterocycles. The number of amides is 2. The third kappa shape index (κ3) is 7.94. The van der Waals surface area contributed by atoms with Crippen LogP contribution in [0.25, 0.3) is 0 Å². The minimum absolute atomic E-state index is 0.153. The lowest BCUT2D eigenvalue weighted by Gasteiger charge is -2.27.